The SMILES string of the molecule is COc1cc(C(C)Cc2c[nH]c3ccccc23)c(OC)c(S(N)(=O)=O)c1. The van der Waals surface area contributed by atoms with Gasteiger partial charge in [0.1, 0.15) is 16.4 Å². The summed E-state index contributed by atoms with van der Waals surface area (Å²) in [6, 6.07) is 11.2. The van der Waals surface area contributed by atoms with Gasteiger partial charge >= 0.3 is 0 Å². The Morgan fingerprint density at radius 1 is 1.15 bits per heavy atom. The van der Waals surface area contributed by atoms with Gasteiger partial charge in [0.25, 0.3) is 0 Å². The van der Waals surface area contributed by atoms with E-state index in [1.807, 2.05) is 31.3 Å². The number of nitrogens with one attached hydrogen (secondary N) is 1. The predicted molar refractivity (Wildman–Crippen MR) is 101 cm³/mol. The van der Waals surface area contributed by atoms with Crippen molar-refractivity contribution in [2.24, 2.45) is 5.14 Å². The van der Waals surface area contributed by atoms with E-state index >= 15 is 0 Å². The van der Waals surface area contributed by atoms with Crippen molar-refractivity contribution in [3.05, 3.63) is 53.7 Å². The highest BCUT2D eigenvalue weighted by Gasteiger charge is 2.24. The maximum atomic E-state index is 12.0. The molecule has 138 valence electrons. The zero-order chi connectivity index (χ0) is 18.9. The molecule has 0 amide bonds. The largest absolute Gasteiger partial charge is 0.497 e. The zero-order valence-electron chi connectivity index (χ0n) is 14.9. The van der Waals surface area contributed by atoms with Crippen LogP contribution in [0.4, 0.5) is 0 Å². The Kier molecular flexibility index (Phi) is 4.93. The lowest BCUT2D eigenvalue weighted by Crippen LogP contribution is -2.15. The fourth-order valence-corrected chi connectivity index (χ4v) is 3.99. The van der Waals surface area contributed by atoms with E-state index in [4.69, 9.17) is 14.6 Å². The Labute approximate surface area is 153 Å². The number of hydrogen-bond acceptors (Lipinski definition) is 4. The summed E-state index contributed by atoms with van der Waals surface area (Å²) in [5.74, 6) is 0.677. The van der Waals surface area contributed by atoms with Gasteiger partial charge in [-0.25, -0.2) is 13.6 Å². The quantitative estimate of drug-likeness (QED) is 0.693. The van der Waals surface area contributed by atoms with Crippen molar-refractivity contribution in [2.45, 2.75) is 24.2 Å². The molecule has 0 aliphatic heterocycles. The minimum atomic E-state index is -3.94. The summed E-state index contributed by atoms with van der Waals surface area (Å²) in [7, 11) is -1.01. The topological polar surface area (TPSA) is 94.4 Å². The molecule has 1 atom stereocenters. The summed E-state index contributed by atoms with van der Waals surface area (Å²) >= 11 is 0. The van der Waals surface area contributed by atoms with Gasteiger partial charge in [-0.15, -0.1) is 0 Å². The van der Waals surface area contributed by atoms with Crippen molar-refractivity contribution < 1.29 is 17.9 Å². The molecule has 3 aromatic rings. The van der Waals surface area contributed by atoms with Crippen LogP contribution in [0.25, 0.3) is 10.9 Å². The van der Waals surface area contributed by atoms with Gasteiger partial charge in [0.15, 0.2) is 0 Å². The Hall–Kier alpha value is -2.51. The van der Waals surface area contributed by atoms with Crippen LogP contribution in [0.5, 0.6) is 11.5 Å². The van der Waals surface area contributed by atoms with Crippen LogP contribution in [-0.4, -0.2) is 27.6 Å². The van der Waals surface area contributed by atoms with Crippen molar-refractivity contribution >= 4 is 20.9 Å². The summed E-state index contributed by atoms with van der Waals surface area (Å²) < 4.78 is 34.6. The second-order valence-electron chi connectivity index (χ2n) is 6.26. The maximum absolute atomic E-state index is 12.0. The van der Waals surface area contributed by atoms with Gasteiger partial charge in [0.2, 0.25) is 10.0 Å². The van der Waals surface area contributed by atoms with Gasteiger partial charge in [-0.3, -0.25) is 0 Å². The van der Waals surface area contributed by atoms with Crippen LogP contribution in [0.1, 0.15) is 24.0 Å². The molecule has 0 aliphatic rings. The number of aromatic amines is 1. The highest BCUT2D eigenvalue weighted by Crippen LogP contribution is 2.38. The molecule has 0 radical (unpaired) electrons. The molecule has 7 heteroatoms. The standard InChI is InChI=1S/C19H22N2O4S/c1-12(8-13-11-21-17-7-5-4-6-15(13)17)16-9-14(24-2)10-18(19(16)25-3)26(20,22)23/h4-7,9-12,21H,8H2,1-3H3,(H2,20,22,23). The minimum absolute atomic E-state index is 0.0141. The molecule has 2 aromatic carbocycles. The van der Waals surface area contributed by atoms with Gasteiger partial charge in [0.05, 0.1) is 14.2 Å². The van der Waals surface area contributed by atoms with Crippen LogP contribution in [0.3, 0.4) is 0 Å². The molecule has 1 aromatic heterocycles. The van der Waals surface area contributed by atoms with Crippen LogP contribution in [0.2, 0.25) is 0 Å². The summed E-state index contributed by atoms with van der Waals surface area (Å²) in [6.07, 6.45) is 2.69. The molecule has 0 saturated heterocycles. The Bertz CT molecular complexity index is 1040. The Morgan fingerprint density at radius 3 is 2.54 bits per heavy atom. The van der Waals surface area contributed by atoms with E-state index < -0.39 is 10.0 Å². The molecule has 1 unspecified atom stereocenters. The molecule has 26 heavy (non-hydrogen) atoms. The van der Waals surface area contributed by atoms with Crippen LogP contribution in [0.15, 0.2) is 47.5 Å². The van der Waals surface area contributed by atoms with Crippen LogP contribution >= 0.6 is 0 Å². The molecular weight excluding hydrogens is 352 g/mol. The normalized spacial score (nSPS) is 12.9. The minimum Gasteiger partial charge on any atom is -0.497 e. The van der Waals surface area contributed by atoms with Gasteiger partial charge in [-0.2, -0.15) is 0 Å². The van der Waals surface area contributed by atoms with Gasteiger partial charge in [-0.1, -0.05) is 25.1 Å². The van der Waals surface area contributed by atoms with Crippen LogP contribution in [0, 0.1) is 0 Å². The smallest absolute Gasteiger partial charge is 0.241 e. The molecule has 0 fully saturated rings. The summed E-state index contributed by atoms with van der Waals surface area (Å²) in [5, 5.41) is 6.51. The molecule has 6 nitrogen and oxygen atoms in total. The van der Waals surface area contributed by atoms with Crippen molar-refractivity contribution in [1.29, 1.82) is 0 Å². The first-order valence-electron chi connectivity index (χ1n) is 8.19. The number of ether oxygens (including phenoxy) is 2. The van der Waals surface area contributed by atoms with E-state index in [1.54, 1.807) is 6.07 Å². The second-order valence-corrected chi connectivity index (χ2v) is 7.79. The Balaban J connectivity index is 2.07. The molecular formula is C19H22N2O4S. The van der Waals surface area contributed by atoms with E-state index in [9.17, 15) is 8.42 Å². The lowest BCUT2D eigenvalue weighted by molar-refractivity contribution is 0.384. The molecule has 0 saturated carbocycles. The first-order valence-corrected chi connectivity index (χ1v) is 9.73. The highest BCUT2D eigenvalue weighted by molar-refractivity contribution is 7.89. The maximum Gasteiger partial charge on any atom is 0.241 e. The number of para-hydroxylation sites is 1. The van der Waals surface area contributed by atoms with Crippen molar-refractivity contribution in [2.75, 3.05) is 14.2 Å². The number of methoxy groups -OCH3 is 2. The Morgan fingerprint density at radius 2 is 1.88 bits per heavy atom. The molecule has 1 heterocycles. The summed E-state index contributed by atoms with van der Waals surface area (Å²) in [5.41, 5.74) is 2.95. The number of nitrogens with two attached hydrogens (primary N) is 1. The van der Waals surface area contributed by atoms with Gasteiger partial charge in [-0.05, 0) is 30.0 Å². The van der Waals surface area contributed by atoms with E-state index in [0.717, 1.165) is 22.0 Å². The number of aromatic nitrogens is 1. The zero-order valence-corrected chi connectivity index (χ0v) is 15.8. The average Bonchev–Trinajstić information content (AvgIpc) is 3.02. The third-order valence-corrected chi connectivity index (χ3v) is 5.45. The molecule has 3 N–H and O–H groups in total. The van der Waals surface area contributed by atoms with Crippen LogP contribution in [-0.2, 0) is 16.4 Å². The lowest BCUT2D eigenvalue weighted by Gasteiger charge is -2.19. The monoisotopic (exact) mass is 374 g/mol. The third kappa shape index (κ3) is 3.40. The number of rotatable bonds is 6. The van der Waals surface area contributed by atoms with Crippen molar-refractivity contribution in [3.63, 3.8) is 0 Å². The van der Waals surface area contributed by atoms with E-state index in [0.29, 0.717) is 12.2 Å². The van der Waals surface area contributed by atoms with E-state index in [-0.39, 0.29) is 16.6 Å². The van der Waals surface area contributed by atoms with Gasteiger partial charge < -0.3 is 14.5 Å². The number of benzene rings is 2. The fourth-order valence-electron chi connectivity index (χ4n) is 3.25. The number of primary sulfonamides is 1. The average molecular weight is 374 g/mol. The number of fused-ring (bicyclic) bond motifs is 1. The number of hydrogen-bond donors (Lipinski definition) is 2. The fraction of sp³-hybridized carbons (Fsp3) is 0.263. The van der Waals surface area contributed by atoms with E-state index in [2.05, 4.69) is 11.1 Å². The van der Waals surface area contributed by atoms with Gasteiger partial charge in [0, 0.05) is 28.7 Å². The number of H-pyrrole nitrogens is 1. The molecule has 3 rings (SSSR count). The highest BCUT2D eigenvalue weighted by atomic mass is 32.2. The van der Waals surface area contributed by atoms with Crippen LogP contribution < -0.4 is 14.6 Å². The third-order valence-electron chi connectivity index (χ3n) is 4.54. The summed E-state index contributed by atoms with van der Waals surface area (Å²) in [4.78, 5) is 3.19. The number of sulfonamides is 1. The van der Waals surface area contributed by atoms with E-state index in [1.165, 1.54) is 20.3 Å². The second kappa shape index (κ2) is 7.01. The summed E-state index contributed by atoms with van der Waals surface area (Å²) in [6.45, 7) is 2.02. The van der Waals surface area contributed by atoms with Crippen molar-refractivity contribution in [1.82, 2.24) is 4.98 Å². The predicted octanol–water partition coefficient (Wildman–Crippen LogP) is 3.18. The first-order chi connectivity index (χ1) is 12.3. The molecule has 0 aliphatic carbocycles. The lowest BCUT2D eigenvalue weighted by atomic mass is 9.92. The molecule has 0 bridgehead atoms. The molecule has 0 spiro atoms. The first kappa shape index (κ1) is 18.3. The van der Waals surface area contributed by atoms with Crippen molar-refractivity contribution in [3.8, 4) is 11.5 Å².